The summed E-state index contributed by atoms with van der Waals surface area (Å²) in [5, 5.41) is 0. The molecule has 0 aliphatic carbocycles. The summed E-state index contributed by atoms with van der Waals surface area (Å²) in [6, 6.07) is 0. The van der Waals surface area contributed by atoms with Crippen LogP contribution < -0.4 is 0 Å². The molecular weight excluding hydrogens is 272 g/mol. The molecule has 1 aliphatic heterocycles. The smallest absolute Gasteiger partial charge is 0.107 e. The van der Waals surface area contributed by atoms with Gasteiger partial charge in [0.15, 0.2) is 0 Å². The molecule has 0 aromatic carbocycles. The van der Waals surface area contributed by atoms with Crippen LogP contribution in [0.2, 0.25) is 0 Å². The van der Waals surface area contributed by atoms with Crippen LogP contribution in [0.15, 0.2) is 0 Å². The highest BCUT2D eigenvalue weighted by atomic mass is 16.6. The Kier molecular flexibility index (Phi) is 13.2. The van der Waals surface area contributed by atoms with Crippen LogP contribution in [-0.2, 0) is 9.47 Å². The molecule has 0 saturated carbocycles. The Bertz CT molecular complexity index is 226. The largest absolute Gasteiger partial charge is 0.376 e. The van der Waals surface area contributed by atoms with Crippen molar-refractivity contribution in [1.82, 2.24) is 0 Å². The van der Waals surface area contributed by atoms with Crippen molar-refractivity contribution in [2.75, 3.05) is 13.2 Å². The fraction of sp³-hybridized carbons (Fsp3) is 1.00. The van der Waals surface area contributed by atoms with E-state index in [2.05, 4.69) is 13.8 Å². The lowest BCUT2D eigenvalue weighted by atomic mass is 10.0. The Balaban J connectivity index is 1.64. The summed E-state index contributed by atoms with van der Waals surface area (Å²) in [5.74, 6) is 0. The maximum Gasteiger partial charge on any atom is 0.107 e. The molecule has 2 nitrogen and oxygen atoms in total. The third kappa shape index (κ3) is 12.5. The molecule has 1 saturated heterocycles. The van der Waals surface area contributed by atoms with Crippen molar-refractivity contribution in [1.29, 1.82) is 0 Å². The van der Waals surface area contributed by atoms with E-state index >= 15 is 0 Å². The van der Waals surface area contributed by atoms with Gasteiger partial charge in [0.05, 0.1) is 12.7 Å². The minimum Gasteiger partial charge on any atom is -0.376 e. The van der Waals surface area contributed by atoms with E-state index in [-0.39, 0.29) is 0 Å². The fourth-order valence-corrected chi connectivity index (χ4v) is 3.00. The van der Waals surface area contributed by atoms with E-state index < -0.39 is 0 Å². The molecule has 0 spiro atoms. The lowest BCUT2D eigenvalue weighted by molar-refractivity contribution is 0.0434. The van der Waals surface area contributed by atoms with Gasteiger partial charge in [-0.25, -0.2) is 0 Å². The van der Waals surface area contributed by atoms with E-state index in [1.165, 1.54) is 89.9 Å². The van der Waals surface area contributed by atoms with Gasteiger partial charge in [0, 0.05) is 6.61 Å². The highest BCUT2D eigenvalue weighted by Gasteiger charge is 2.29. The minimum absolute atomic E-state index is 0.307. The van der Waals surface area contributed by atoms with Crippen LogP contribution in [0, 0.1) is 0 Å². The van der Waals surface area contributed by atoms with Gasteiger partial charge in [0.25, 0.3) is 0 Å². The third-order valence-electron chi connectivity index (χ3n) is 4.76. The molecule has 1 rings (SSSR count). The second-order valence-electron chi connectivity index (χ2n) is 7.04. The van der Waals surface area contributed by atoms with E-state index in [0.29, 0.717) is 12.2 Å². The van der Waals surface area contributed by atoms with Crippen LogP contribution in [0.1, 0.15) is 104 Å². The Morgan fingerprint density at radius 2 is 1.18 bits per heavy atom. The summed E-state index contributed by atoms with van der Waals surface area (Å²) in [6.07, 6.45) is 20.5. The molecule has 0 aromatic heterocycles. The maximum atomic E-state index is 5.75. The number of hydrogen-bond donors (Lipinski definition) is 0. The van der Waals surface area contributed by atoms with Gasteiger partial charge in [-0.1, -0.05) is 90.4 Å². The van der Waals surface area contributed by atoms with E-state index in [1.807, 2.05) is 0 Å². The first-order chi connectivity index (χ1) is 10.8. The molecule has 0 N–H and O–H groups in total. The molecule has 1 fully saturated rings. The van der Waals surface area contributed by atoms with E-state index in [4.69, 9.17) is 9.47 Å². The van der Waals surface area contributed by atoms with Gasteiger partial charge >= 0.3 is 0 Å². The van der Waals surface area contributed by atoms with Crippen LogP contribution in [0.4, 0.5) is 0 Å². The molecule has 1 heterocycles. The number of unbranched alkanes of at least 4 members (excludes halogenated alkanes) is 13. The second kappa shape index (κ2) is 14.5. The molecular formula is C20H40O2. The summed E-state index contributed by atoms with van der Waals surface area (Å²) >= 11 is 0. The van der Waals surface area contributed by atoms with Crippen LogP contribution >= 0.6 is 0 Å². The van der Waals surface area contributed by atoms with E-state index in [1.54, 1.807) is 0 Å². The van der Waals surface area contributed by atoms with Gasteiger partial charge in [-0.05, 0) is 13.3 Å². The molecule has 0 amide bonds. The monoisotopic (exact) mass is 312 g/mol. The van der Waals surface area contributed by atoms with Crippen LogP contribution in [0.5, 0.6) is 0 Å². The van der Waals surface area contributed by atoms with Crippen LogP contribution in [0.3, 0.4) is 0 Å². The molecule has 0 unspecified atom stereocenters. The predicted octanol–water partition coefficient (Wildman–Crippen LogP) is 6.27. The van der Waals surface area contributed by atoms with Gasteiger partial charge in [-0.2, -0.15) is 0 Å². The standard InChI is InChI=1S/C20H40O2/c1-3-4-5-6-7-8-9-10-11-12-13-14-15-16-17-21-19(2)20-18-22-20/h19-20H,3-18H2,1-2H3/t19-,20+/m1/s1. The minimum atomic E-state index is 0.307. The predicted molar refractivity (Wildman–Crippen MR) is 95.5 cm³/mol. The van der Waals surface area contributed by atoms with E-state index in [9.17, 15) is 0 Å². The van der Waals surface area contributed by atoms with Crippen molar-refractivity contribution in [3.8, 4) is 0 Å². The zero-order valence-corrected chi connectivity index (χ0v) is 15.3. The molecule has 2 heteroatoms. The molecule has 22 heavy (non-hydrogen) atoms. The summed E-state index contributed by atoms with van der Waals surface area (Å²) < 4.78 is 11.0. The summed E-state index contributed by atoms with van der Waals surface area (Å²) in [7, 11) is 0. The number of rotatable bonds is 17. The van der Waals surface area contributed by atoms with Crippen molar-refractivity contribution in [2.24, 2.45) is 0 Å². The Morgan fingerprint density at radius 1 is 0.773 bits per heavy atom. The topological polar surface area (TPSA) is 21.8 Å². The molecule has 1 aliphatic rings. The van der Waals surface area contributed by atoms with Crippen molar-refractivity contribution in [3.63, 3.8) is 0 Å². The van der Waals surface area contributed by atoms with Crippen molar-refractivity contribution >= 4 is 0 Å². The SMILES string of the molecule is CCCCCCCCCCCCCCCCO[C@H](C)[C@@H]1CO1. The van der Waals surface area contributed by atoms with Gasteiger partial charge in [-0.3, -0.25) is 0 Å². The Labute approximate surface area is 139 Å². The summed E-state index contributed by atoms with van der Waals surface area (Å²) in [6.45, 7) is 6.23. The molecule has 132 valence electrons. The zero-order chi connectivity index (χ0) is 15.9. The Hall–Kier alpha value is -0.0800. The first-order valence-electron chi connectivity index (χ1n) is 10.1. The van der Waals surface area contributed by atoms with Crippen molar-refractivity contribution in [3.05, 3.63) is 0 Å². The van der Waals surface area contributed by atoms with Gasteiger partial charge in [0.1, 0.15) is 6.10 Å². The van der Waals surface area contributed by atoms with Crippen molar-refractivity contribution in [2.45, 2.75) is 116 Å². The lowest BCUT2D eigenvalue weighted by Crippen LogP contribution is -2.15. The average molecular weight is 313 g/mol. The van der Waals surface area contributed by atoms with Gasteiger partial charge < -0.3 is 9.47 Å². The zero-order valence-electron chi connectivity index (χ0n) is 15.3. The molecule has 0 aromatic rings. The lowest BCUT2D eigenvalue weighted by Gasteiger charge is -2.09. The average Bonchev–Trinajstić information content (AvgIpc) is 3.36. The summed E-state index contributed by atoms with van der Waals surface area (Å²) in [4.78, 5) is 0. The quantitative estimate of drug-likeness (QED) is 0.233. The first-order valence-corrected chi connectivity index (χ1v) is 10.1. The second-order valence-corrected chi connectivity index (χ2v) is 7.04. The normalized spacial score (nSPS) is 18.5. The Morgan fingerprint density at radius 3 is 1.59 bits per heavy atom. The first kappa shape index (κ1) is 20.0. The molecule has 2 atom stereocenters. The molecule has 0 radical (unpaired) electrons. The third-order valence-corrected chi connectivity index (χ3v) is 4.76. The highest BCUT2D eigenvalue weighted by Crippen LogP contribution is 2.17. The van der Waals surface area contributed by atoms with E-state index in [0.717, 1.165) is 13.2 Å². The number of epoxide rings is 1. The van der Waals surface area contributed by atoms with Gasteiger partial charge in [-0.15, -0.1) is 0 Å². The van der Waals surface area contributed by atoms with Crippen LogP contribution in [0.25, 0.3) is 0 Å². The highest BCUT2D eigenvalue weighted by molar-refractivity contribution is 4.75. The van der Waals surface area contributed by atoms with Crippen LogP contribution in [-0.4, -0.2) is 25.4 Å². The number of hydrogen-bond acceptors (Lipinski definition) is 2. The maximum absolute atomic E-state index is 5.75. The fourth-order valence-electron chi connectivity index (χ4n) is 3.00. The molecule has 0 bridgehead atoms. The van der Waals surface area contributed by atoms with Crippen molar-refractivity contribution < 1.29 is 9.47 Å². The number of ether oxygens (including phenoxy) is 2. The van der Waals surface area contributed by atoms with Gasteiger partial charge in [0.2, 0.25) is 0 Å². The summed E-state index contributed by atoms with van der Waals surface area (Å²) in [5.41, 5.74) is 0.